The Balaban J connectivity index is 1.42. The molecule has 1 saturated carbocycles. The molecule has 4 rings (SSSR count). The molecule has 3 aliphatic rings. The quantitative estimate of drug-likeness (QED) is 0.545. The number of aliphatic imine (C=N–C) groups is 1. The minimum absolute atomic E-state index is 0.103. The van der Waals surface area contributed by atoms with Gasteiger partial charge in [0, 0.05) is 32.3 Å². The number of likely N-dealkylation sites (tertiary alicyclic amines) is 1. The van der Waals surface area contributed by atoms with Gasteiger partial charge >= 0.3 is 0 Å². The number of nitrogens with zero attached hydrogens (tertiary/aromatic N) is 5. The van der Waals surface area contributed by atoms with E-state index >= 15 is 0 Å². The van der Waals surface area contributed by atoms with Crippen molar-refractivity contribution >= 4 is 5.96 Å². The topological polar surface area (TPSA) is 79.6 Å². The van der Waals surface area contributed by atoms with E-state index in [4.69, 9.17) is 9.73 Å². The highest BCUT2D eigenvalue weighted by molar-refractivity contribution is 5.80. The molecule has 0 amide bonds. The van der Waals surface area contributed by atoms with E-state index in [2.05, 4.69) is 32.7 Å². The van der Waals surface area contributed by atoms with Crippen molar-refractivity contribution in [3.8, 4) is 0 Å². The van der Waals surface area contributed by atoms with Gasteiger partial charge in [0.25, 0.3) is 0 Å². The predicted molar refractivity (Wildman–Crippen MR) is 118 cm³/mol. The number of aromatic nitrogens is 3. The summed E-state index contributed by atoms with van der Waals surface area (Å²) in [7, 11) is 2.00. The lowest BCUT2D eigenvalue weighted by Crippen LogP contribution is -2.52. The first kappa shape index (κ1) is 21.6. The third-order valence-electron chi connectivity index (χ3n) is 7.32. The smallest absolute Gasteiger partial charge is 0.191 e. The molecular formula is C22H39N7O. The van der Waals surface area contributed by atoms with Crippen LogP contribution in [0.4, 0.5) is 0 Å². The molecule has 2 unspecified atom stereocenters. The van der Waals surface area contributed by atoms with Crippen LogP contribution in [0.2, 0.25) is 0 Å². The van der Waals surface area contributed by atoms with Crippen molar-refractivity contribution < 1.29 is 4.74 Å². The Labute approximate surface area is 180 Å². The Bertz CT molecular complexity index is 725. The van der Waals surface area contributed by atoms with Gasteiger partial charge in [-0.3, -0.25) is 4.90 Å². The summed E-state index contributed by atoms with van der Waals surface area (Å²) in [6.45, 7) is 8.87. The zero-order chi connectivity index (χ0) is 21.0. The highest BCUT2D eigenvalue weighted by atomic mass is 16.5. The Morgan fingerprint density at radius 1 is 1.23 bits per heavy atom. The van der Waals surface area contributed by atoms with Crippen molar-refractivity contribution in [1.29, 1.82) is 0 Å². The number of aryl methyl sites for hydroxylation is 1. The van der Waals surface area contributed by atoms with E-state index in [0.29, 0.717) is 18.6 Å². The Kier molecular flexibility index (Phi) is 6.93. The molecule has 1 spiro atoms. The molecule has 8 nitrogen and oxygen atoms in total. The highest BCUT2D eigenvalue weighted by Crippen LogP contribution is 2.39. The molecule has 1 aliphatic carbocycles. The second-order valence-electron chi connectivity index (χ2n) is 9.27. The van der Waals surface area contributed by atoms with Crippen LogP contribution in [0.1, 0.15) is 69.9 Å². The third-order valence-corrected chi connectivity index (χ3v) is 7.32. The normalized spacial score (nSPS) is 27.1. The van der Waals surface area contributed by atoms with Gasteiger partial charge in [-0.2, -0.15) is 0 Å². The maximum atomic E-state index is 6.23. The average molecular weight is 418 g/mol. The van der Waals surface area contributed by atoms with Crippen molar-refractivity contribution in [3.05, 3.63) is 11.6 Å². The number of likely N-dealkylation sites (N-methyl/N-ethyl adjacent to an activating group) is 1. The summed E-state index contributed by atoms with van der Waals surface area (Å²) >= 11 is 0. The fourth-order valence-corrected chi connectivity index (χ4v) is 5.36. The molecule has 2 aliphatic heterocycles. The molecule has 3 fully saturated rings. The van der Waals surface area contributed by atoms with Crippen LogP contribution in [0.3, 0.4) is 0 Å². The van der Waals surface area contributed by atoms with Crippen molar-refractivity contribution in [2.45, 2.75) is 89.4 Å². The lowest BCUT2D eigenvalue weighted by molar-refractivity contribution is -0.0815. The minimum Gasteiger partial charge on any atom is -0.375 e. The van der Waals surface area contributed by atoms with Crippen LogP contribution in [-0.4, -0.2) is 69.5 Å². The van der Waals surface area contributed by atoms with Crippen LogP contribution >= 0.6 is 0 Å². The first-order chi connectivity index (χ1) is 14.6. The molecule has 8 heteroatoms. The zero-order valence-corrected chi connectivity index (χ0v) is 19.0. The number of nitrogens with one attached hydrogen (secondary N) is 2. The van der Waals surface area contributed by atoms with E-state index in [1.807, 2.05) is 18.5 Å². The maximum Gasteiger partial charge on any atom is 0.191 e. The van der Waals surface area contributed by atoms with Crippen molar-refractivity contribution in [3.63, 3.8) is 0 Å². The van der Waals surface area contributed by atoms with E-state index in [1.54, 1.807) is 0 Å². The first-order valence-corrected chi connectivity index (χ1v) is 11.9. The standard InChI is InChI=1S/C22H39N7O/c1-4-29-12-7-8-19(29)15-23-21(24-16-20-27-26-17(2)28(20)3)25-18-9-13-30-22(14-18)10-5-6-11-22/h18-19H,4-16H2,1-3H3,(H2,23,24,25). The molecule has 2 N–H and O–H groups in total. The molecule has 0 radical (unpaired) electrons. The summed E-state index contributed by atoms with van der Waals surface area (Å²) in [6.07, 6.45) is 9.68. The number of hydrogen-bond acceptors (Lipinski definition) is 5. The lowest BCUT2D eigenvalue weighted by atomic mass is 9.89. The van der Waals surface area contributed by atoms with Crippen LogP contribution in [0.25, 0.3) is 0 Å². The highest BCUT2D eigenvalue weighted by Gasteiger charge is 2.40. The van der Waals surface area contributed by atoms with Crippen LogP contribution in [0.5, 0.6) is 0 Å². The minimum atomic E-state index is 0.103. The van der Waals surface area contributed by atoms with Gasteiger partial charge in [0.15, 0.2) is 11.8 Å². The summed E-state index contributed by atoms with van der Waals surface area (Å²) in [4.78, 5) is 7.47. The number of hydrogen-bond donors (Lipinski definition) is 2. The summed E-state index contributed by atoms with van der Waals surface area (Å²) in [5.74, 6) is 2.71. The van der Waals surface area contributed by atoms with E-state index in [9.17, 15) is 0 Å². The molecule has 0 aromatic carbocycles. The van der Waals surface area contributed by atoms with Crippen LogP contribution in [0.15, 0.2) is 4.99 Å². The van der Waals surface area contributed by atoms with E-state index in [-0.39, 0.29) is 5.60 Å². The SMILES string of the molecule is CCN1CCCC1CNC(=NCc1nnc(C)n1C)NC1CCOC2(CCCC2)C1. The fraction of sp³-hybridized carbons (Fsp3) is 0.864. The van der Waals surface area contributed by atoms with E-state index < -0.39 is 0 Å². The molecule has 1 aromatic rings. The Hall–Kier alpha value is -1.67. The Morgan fingerprint density at radius 2 is 2.07 bits per heavy atom. The summed E-state index contributed by atoms with van der Waals surface area (Å²) in [5, 5.41) is 15.8. The van der Waals surface area contributed by atoms with Gasteiger partial charge in [0.1, 0.15) is 12.4 Å². The monoisotopic (exact) mass is 417 g/mol. The van der Waals surface area contributed by atoms with Crippen LogP contribution in [-0.2, 0) is 18.3 Å². The lowest BCUT2D eigenvalue weighted by Gasteiger charge is -2.39. The summed E-state index contributed by atoms with van der Waals surface area (Å²) in [5.41, 5.74) is 0.103. The number of ether oxygens (including phenoxy) is 1. The predicted octanol–water partition coefficient (Wildman–Crippen LogP) is 2.13. The molecule has 168 valence electrons. The number of guanidine groups is 1. The third kappa shape index (κ3) is 4.97. The zero-order valence-electron chi connectivity index (χ0n) is 19.0. The largest absolute Gasteiger partial charge is 0.375 e. The molecular weight excluding hydrogens is 378 g/mol. The summed E-state index contributed by atoms with van der Waals surface area (Å²) in [6, 6.07) is 1.00. The fourth-order valence-electron chi connectivity index (χ4n) is 5.36. The molecule has 30 heavy (non-hydrogen) atoms. The summed E-state index contributed by atoms with van der Waals surface area (Å²) < 4.78 is 8.24. The van der Waals surface area contributed by atoms with E-state index in [0.717, 1.165) is 50.1 Å². The van der Waals surface area contributed by atoms with Crippen molar-refractivity contribution in [2.24, 2.45) is 12.0 Å². The van der Waals surface area contributed by atoms with Gasteiger partial charge in [-0.15, -0.1) is 10.2 Å². The molecule has 2 saturated heterocycles. The molecule has 1 aromatic heterocycles. The second-order valence-corrected chi connectivity index (χ2v) is 9.27. The van der Waals surface area contributed by atoms with Gasteiger partial charge in [-0.1, -0.05) is 19.8 Å². The number of rotatable bonds is 6. The molecule has 3 heterocycles. The van der Waals surface area contributed by atoms with E-state index in [1.165, 1.54) is 45.1 Å². The van der Waals surface area contributed by atoms with Crippen LogP contribution < -0.4 is 10.6 Å². The van der Waals surface area contributed by atoms with Gasteiger partial charge in [-0.25, -0.2) is 4.99 Å². The van der Waals surface area contributed by atoms with Gasteiger partial charge in [0.2, 0.25) is 0 Å². The van der Waals surface area contributed by atoms with Gasteiger partial charge in [0.05, 0.1) is 5.60 Å². The maximum absolute atomic E-state index is 6.23. The molecule has 0 bridgehead atoms. The Morgan fingerprint density at radius 3 is 2.80 bits per heavy atom. The average Bonchev–Trinajstić information content (AvgIpc) is 3.47. The van der Waals surface area contributed by atoms with Crippen LogP contribution in [0, 0.1) is 6.92 Å². The molecule has 2 atom stereocenters. The second kappa shape index (κ2) is 9.64. The van der Waals surface area contributed by atoms with Crippen molar-refractivity contribution in [2.75, 3.05) is 26.2 Å². The van der Waals surface area contributed by atoms with Crippen molar-refractivity contribution in [1.82, 2.24) is 30.3 Å². The van der Waals surface area contributed by atoms with Gasteiger partial charge < -0.3 is 19.9 Å². The first-order valence-electron chi connectivity index (χ1n) is 11.9. The van der Waals surface area contributed by atoms with Gasteiger partial charge in [-0.05, 0) is 58.5 Å².